The van der Waals surface area contributed by atoms with E-state index < -0.39 is 0 Å². The minimum Gasteiger partial charge on any atom is -0.381 e. The normalized spacial score (nSPS) is 20.9. The molecule has 2 aromatic rings. The highest BCUT2D eigenvalue weighted by molar-refractivity contribution is 5.79. The van der Waals surface area contributed by atoms with Crippen LogP contribution in [0.2, 0.25) is 0 Å². The number of benzene rings is 1. The number of ether oxygens (including phenoxy) is 1. The van der Waals surface area contributed by atoms with Gasteiger partial charge in [-0.05, 0) is 37.1 Å². The Morgan fingerprint density at radius 3 is 3.15 bits per heavy atom. The number of pyridine rings is 1. The van der Waals surface area contributed by atoms with Gasteiger partial charge in [-0.25, -0.2) is 0 Å². The summed E-state index contributed by atoms with van der Waals surface area (Å²) in [6.45, 7) is 4.91. The van der Waals surface area contributed by atoms with Crippen LogP contribution in [-0.2, 0) is 4.74 Å². The number of hydrogen-bond acceptors (Lipinski definition) is 3. The van der Waals surface area contributed by atoms with Crippen LogP contribution in [-0.4, -0.2) is 24.7 Å². The van der Waals surface area contributed by atoms with E-state index in [0.717, 1.165) is 25.3 Å². The molecule has 3 nitrogen and oxygen atoms in total. The predicted molar refractivity (Wildman–Crippen MR) is 81.7 cm³/mol. The van der Waals surface area contributed by atoms with E-state index in [9.17, 15) is 0 Å². The molecule has 2 unspecified atom stereocenters. The lowest BCUT2D eigenvalue weighted by Crippen LogP contribution is -2.33. The van der Waals surface area contributed by atoms with Gasteiger partial charge in [-0.1, -0.05) is 25.1 Å². The molecule has 0 spiro atoms. The van der Waals surface area contributed by atoms with Crippen molar-refractivity contribution in [3.63, 3.8) is 0 Å². The molecule has 2 heterocycles. The first-order valence-electron chi connectivity index (χ1n) is 7.54. The zero-order valence-electron chi connectivity index (χ0n) is 12.0. The molecule has 1 N–H and O–H groups in total. The summed E-state index contributed by atoms with van der Waals surface area (Å²) in [7, 11) is 0. The Balaban J connectivity index is 1.91. The van der Waals surface area contributed by atoms with Crippen LogP contribution in [0.25, 0.3) is 10.9 Å². The third kappa shape index (κ3) is 2.84. The van der Waals surface area contributed by atoms with Gasteiger partial charge in [0.1, 0.15) is 0 Å². The number of hydrogen-bond donors (Lipinski definition) is 1. The fourth-order valence-corrected chi connectivity index (χ4v) is 3.08. The molecule has 3 rings (SSSR count). The van der Waals surface area contributed by atoms with Crippen LogP contribution in [0.4, 0.5) is 0 Å². The van der Waals surface area contributed by atoms with Crippen molar-refractivity contribution in [1.29, 1.82) is 0 Å². The Morgan fingerprint density at radius 2 is 2.35 bits per heavy atom. The molecule has 2 atom stereocenters. The van der Waals surface area contributed by atoms with E-state index in [-0.39, 0.29) is 0 Å². The predicted octanol–water partition coefficient (Wildman–Crippen LogP) is 3.31. The van der Waals surface area contributed by atoms with Gasteiger partial charge in [0.2, 0.25) is 0 Å². The molecule has 106 valence electrons. The summed E-state index contributed by atoms with van der Waals surface area (Å²) in [5.74, 6) is 0.560. The van der Waals surface area contributed by atoms with Gasteiger partial charge in [-0.3, -0.25) is 4.98 Å². The minimum atomic E-state index is 0.367. The topological polar surface area (TPSA) is 34.2 Å². The molecule has 1 aromatic carbocycles. The lowest BCUT2D eigenvalue weighted by atomic mass is 9.88. The molecule has 1 fully saturated rings. The van der Waals surface area contributed by atoms with Gasteiger partial charge in [0.05, 0.1) is 12.1 Å². The summed E-state index contributed by atoms with van der Waals surface area (Å²) in [5, 5.41) is 4.83. The highest BCUT2D eigenvalue weighted by atomic mass is 16.5. The van der Waals surface area contributed by atoms with Crippen molar-refractivity contribution in [3.05, 3.63) is 42.1 Å². The lowest BCUT2D eigenvalue weighted by Gasteiger charge is -2.31. The van der Waals surface area contributed by atoms with E-state index >= 15 is 0 Å². The summed E-state index contributed by atoms with van der Waals surface area (Å²) in [5.41, 5.74) is 2.40. The summed E-state index contributed by atoms with van der Waals surface area (Å²) in [6.07, 6.45) is 4.26. The van der Waals surface area contributed by atoms with E-state index in [0.29, 0.717) is 12.0 Å². The van der Waals surface area contributed by atoms with Gasteiger partial charge in [-0.2, -0.15) is 0 Å². The standard InChI is InChI=1S/C17H22N2O/c1-2-18-17(15-6-4-10-20-12-15)14-8-7-13-5-3-9-19-16(13)11-14/h3,5,7-9,11,15,17-18H,2,4,6,10,12H2,1H3. The first kappa shape index (κ1) is 13.5. The summed E-state index contributed by atoms with van der Waals surface area (Å²) in [6, 6.07) is 11.1. The first-order chi connectivity index (χ1) is 9.88. The van der Waals surface area contributed by atoms with Crippen LogP contribution in [0.5, 0.6) is 0 Å². The Morgan fingerprint density at radius 1 is 1.40 bits per heavy atom. The molecule has 0 saturated carbocycles. The monoisotopic (exact) mass is 270 g/mol. The number of fused-ring (bicyclic) bond motifs is 1. The van der Waals surface area contributed by atoms with Crippen LogP contribution < -0.4 is 5.32 Å². The molecule has 0 bridgehead atoms. The van der Waals surface area contributed by atoms with Crippen molar-refractivity contribution in [2.24, 2.45) is 5.92 Å². The van der Waals surface area contributed by atoms with E-state index in [2.05, 4.69) is 41.5 Å². The second kappa shape index (κ2) is 6.33. The molecule has 1 aliphatic heterocycles. The van der Waals surface area contributed by atoms with Crippen molar-refractivity contribution in [2.75, 3.05) is 19.8 Å². The third-order valence-electron chi connectivity index (χ3n) is 4.08. The zero-order valence-corrected chi connectivity index (χ0v) is 12.0. The average Bonchev–Trinajstić information content (AvgIpc) is 2.53. The van der Waals surface area contributed by atoms with E-state index in [1.54, 1.807) is 0 Å². The molecule has 0 radical (unpaired) electrons. The SMILES string of the molecule is CCNC(c1ccc2cccnc2c1)C1CCCOC1. The Kier molecular flexibility index (Phi) is 4.28. The van der Waals surface area contributed by atoms with E-state index in [1.807, 2.05) is 12.3 Å². The summed E-state index contributed by atoms with van der Waals surface area (Å²) >= 11 is 0. The number of nitrogens with one attached hydrogen (secondary N) is 1. The van der Waals surface area contributed by atoms with Crippen LogP contribution in [0.3, 0.4) is 0 Å². The molecule has 1 aromatic heterocycles. The Labute approximate surface area is 120 Å². The zero-order chi connectivity index (χ0) is 13.8. The van der Waals surface area contributed by atoms with Crippen LogP contribution >= 0.6 is 0 Å². The molecule has 1 saturated heterocycles. The molecule has 1 aliphatic rings. The maximum atomic E-state index is 5.66. The number of aromatic nitrogens is 1. The van der Waals surface area contributed by atoms with Gasteiger partial charge in [0.15, 0.2) is 0 Å². The van der Waals surface area contributed by atoms with Crippen molar-refractivity contribution in [3.8, 4) is 0 Å². The van der Waals surface area contributed by atoms with E-state index in [4.69, 9.17) is 4.74 Å². The Bertz CT molecular complexity index is 564. The maximum Gasteiger partial charge on any atom is 0.0705 e. The molecule has 0 aliphatic carbocycles. The van der Waals surface area contributed by atoms with Gasteiger partial charge < -0.3 is 10.1 Å². The smallest absolute Gasteiger partial charge is 0.0705 e. The number of nitrogens with zero attached hydrogens (tertiary/aromatic N) is 1. The van der Waals surface area contributed by atoms with Gasteiger partial charge in [0, 0.05) is 30.1 Å². The first-order valence-corrected chi connectivity index (χ1v) is 7.54. The van der Waals surface area contributed by atoms with Crippen LogP contribution in [0, 0.1) is 5.92 Å². The fraction of sp³-hybridized carbons (Fsp3) is 0.471. The molecule has 0 amide bonds. The highest BCUT2D eigenvalue weighted by Gasteiger charge is 2.25. The van der Waals surface area contributed by atoms with Crippen molar-refractivity contribution in [1.82, 2.24) is 10.3 Å². The van der Waals surface area contributed by atoms with Gasteiger partial charge >= 0.3 is 0 Å². The van der Waals surface area contributed by atoms with Crippen molar-refractivity contribution < 1.29 is 4.74 Å². The fourth-order valence-electron chi connectivity index (χ4n) is 3.08. The molecular formula is C17H22N2O. The average molecular weight is 270 g/mol. The summed E-state index contributed by atoms with van der Waals surface area (Å²) < 4.78 is 5.66. The van der Waals surface area contributed by atoms with Gasteiger partial charge in [-0.15, -0.1) is 0 Å². The van der Waals surface area contributed by atoms with Crippen molar-refractivity contribution in [2.45, 2.75) is 25.8 Å². The lowest BCUT2D eigenvalue weighted by molar-refractivity contribution is 0.0393. The second-order valence-corrected chi connectivity index (χ2v) is 5.47. The third-order valence-corrected chi connectivity index (χ3v) is 4.08. The minimum absolute atomic E-state index is 0.367. The second-order valence-electron chi connectivity index (χ2n) is 5.47. The van der Waals surface area contributed by atoms with Crippen molar-refractivity contribution >= 4 is 10.9 Å². The van der Waals surface area contributed by atoms with Crippen LogP contribution in [0.15, 0.2) is 36.5 Å². The van der Waals surface area contributed by atoms with Gasteiger partial charge in [0.25, 0.3) is 0 Å². The summed E-state index contributed by atoms with van der Waals surface area (Å²) in [4.78, 5) is 4.47. The molecular weight excluding hydrogens is 248 g/mol. The highest BCUT2D eigenvalue weighted by Crippen LogP contribution is 2.30. The Hall–Kier alpha value is -1.45. The molecule has 3 heteroatoms. The largest absolute Gasteiger partial charge is 0.381 e. The maximum absolute atomic E-state index is 5.66. The van der Waals surface area contributed by atoms with E-state index in [1.165, 1.54) is 23.8 Å². The quantitative estimate of drug-likeness (QED) is 0.925. The number of rotatable bonds is 4. The van der Waals surface area contributed by atoms with Crippen LogP contribution in [0.1, 0.15) is 31.4 Å². The molecule has 20 heavy (non-hydrogen) atoms.